The van der Waals surface area contributed by atoms with Crippen molar-refractivity contribution in [2.45, 2.75) is 57.7 Å². The lowest BCUT2D eigenvalue weighted by Gasteiger charge is -2.31. The molecular formula is C13H23NO5. The Kier molecular flexibility index (Phi) is 5.17. The molecule has 19 heavy (non-hydrogen) atoms. The maximum atomic E-state index is 12.2. The van der Waals surface area contributed by atoms with E-state index in [2.05, 4.69) is 0 Å². The number of nitrogens with zero attached hydrogens (tertiary/aromatic N) is 1. The quantitative estimate of drug-likeness (QED) is 0.785. The fraction of sp³-hybridized carbons (Fsp3) is 0.846. The Balaban J connectivity index is 2.85. The van der Waals surface area contributed by atoms with E-state index >= 15 is 0 Å². The molecule has 0 aromatic carbocycles. The second-order valence-electron chi connectivity index (χ2n) is 5.67. The van der Waals surface area contributed by atoms with Crippen LogP contribution in [0, 0.1) is 0 Å². The summed E-state index contributed by atoms with van der Waals surface area (Å²) in [6.07, 6.45) is 1.11. The lowest BCUT2D eigenvalue weighted by molar-refractivity contribution is -0.146. The van der Waals surface area contributed by atoms with Gasteiger partial charge in [0.1, 0.15) is 11.6 Å². The van der Waals surface area contributed by atoms with Gasteiger partial charge in [-0.15, -0.1) is 0 Å². The van der Waals surface area contributed by atoms with Crippen molar-refractivity contribution in [2.24, 2.45) is 0 Å². The molecule has 1 rings (SSSR count). The maximum Gasteiger partial charge on any atom is 0.411 e. The predicted octanol–water partition coefficient (Wildman–Crippen LogP) is 1.31. The fourth-order valence-electron chi connectivity index (χ4n) is 2.27. The van der Waals surface area contributed by atoms with E-state index in [1.54, 1.807) is 20.8 Å². The summed E-state index contributed by atoms with van der Waals surface area (Å²) in [5.74, 6) is -0.439. The van der Waals surface area contributed by atoms with Crippen LogP contribution in [0.25, 0.3) is 0 Å². The van der Waals surface area contributed by atoms with Gasteiger partial charge in [0, 0.05) is 12.6 Å². The zero-order valence-corrected chi connectivity index (χ0v) is 12.0. The molecule has 2 unspecified atom stereocenters. The minimum absolute atomic E-state index is 0.0299. The van der Waals surface area contributed by atoms with Crippen molar-refractivity contribution in [3.05, 3.63) is 0 Å². The molecule has 0 spiro atoms. The number of esters is 1. The molecule has 6 nitrogen and oxygen atoms in total. The highest BCUT2D eigenvalue weighted by molar-refractivity contribution is 5.82. The first-order valence-corrected chi connectivity index (χ1v) is 6.50. The minimum Gasteiger partial charge on any atom is -0.467 e. The van der Waals surface area contributed by atoms with Crippen molar-refractivity contribution in [3.63, 3.8) is 0 Å². The van der Waals surface area contributed by atoms with Gasteiger partial charge in [-0.25, -0.2) is 9.59 Å². The van der Waals surface area contributed by atoms with E-state index in [9.17, 15) is 9.59 Å². The van der Waals surface area contributed by atoms with E-state index in [0.717, 1.165) is 0 Å². The molecule has 1 aliphatic heterocycles. The number of amides is 1. The van der Waals surface area contributed by atoms with Crippen molar-refractivity contribution >= 4 is 12.1 Å². The summed E-state index contributed by atoms with van der Waals surface area (Å²) in [5, 5.41) is 9.05. The Morgan fingerprint density at radius 2 is 1.95 bits per heavy atom. The smallest absolute Gasteiger partial charge is 0.411 e. The number of likely N-dealkylation sites (tertiary alicyclic amines) is 1. The summed E-state index contributed by atoms with van der Waals surface area (Å²) >= 11 is 0. The molecule has 2 atom stereocenters. The zero-order chi connectivity index (χ0) is 14.6. The van der Waals surface area contributed by atoms with Crippen LogP contribution < -0.4 is 0 Å². The third-order valence-corrected chi connectivity index (χ3v) is 3.04. The molecule has 1 heterocycles. The van der Waals surface area contributed by atoms with Crippen LogP contribution in [0.15, 0.2) is 0 Å². The molecule has 0 radical (unpaired) electrons. The number of hydrogen-bond donors (Lipinski definition) is 1. The Hall–Kier alpha value is -1.30. The number of aliphatic hydroxyl groups is 1. The van der Waals surface area contributed by atoms with Crippen LogP contribution in [-0.2, 0) is 14.3 Å². The highest BCUT2D eigenvalue weighted by Crippen LogP contribution is 2.29. The van der Waals surface area contributed by atoms with Gasteiger partial charge in [0.15, 0.2) is 0 Å². The number of aliphatic hydroxyl groups excluding tert-OH is 1. The second-order valence-corrected chi connectivity index (χ2v) is 5.67. The lowest BCUT2D eigenvalue weighted by Crippen LogP contribution is -2.47. The first-order chi connectivity index (χ1) is 8.80. The molecule has 1 fully saturated rings. The number of hydrogen-bond acceptors (Lipinski definition) is 5. The average Bonchev–Trinajstić information content (AvgIpc) is 2.70. The van der Waals surface area contributed by atoms with Crippen LogP contribution in [0.3, 0.4) is 0 Å². The van der Waals surface area contributed by atoms with Crippen molar-refractivity contribution in [3.8, 4) is 0 Å². The maximum absolute atomic E-state index is 12.2. The second kappa shape index (κ2) is 6.23. The summed E-state index contributed by atoms with van der Waals surface area (Å²) in [6, 6.07) is -0.791. The Labute approximate surface area is 113 Å². The van der Waals surface area contributed by atoms with Crippen LogP contribution in [0.1, 0.15) is 40.0 Å². The normalized spacial score (nSPS) is 23.3. The molecule has 1 amide bonds. The number of carbonyl (C=O) groups is 2. The third kappa shape index (κ3) is 4.09. The molecule has 1 N–H and O–H groups in total. The van der Waals surface area contributed by atoms with E-state index in [-0.39, 0.29) is 12.6 Å². The van der Waals surface area contributed by atoms with Crippen LogP contribution in [0.2, 0.25) is 0 Å². The van der Waals surface area contributed by atoms with E-state index in [0.29, 0.717) is 19.3 Å². The molecule has 110 valence electrons. The largest absolute Gasteiger partial charge is 0.467 e. The monoisotopic (exact) mass is 273 g/mol. The molecule has 0 aromatic heterocycles. The first-order valence-electron chi connectivity index (χ1n) is 6.50. The van der Waals surface area contributed by atoms with Gasteiger partial charge in [-0.1, -0.05) is 0 Å². The van der Waals surface area contributed by atoms with Crippen LogP contribution in [-0.4, -0.2) is 53.5 Å². The molecule has 0 bridgehead atoms. The van der Waals surface area contributed by atoms with Gasteiger partial charge in [-0.3, -0.25) is 4.90 Å². The SMILES string of the molecule is COC(=O)C1CCC(CCO)N1C(=O)OC(C)(C)C. The molecule has 0 aromatic rings. The Bertz CT molecular complexity index is 336. The van der Waals surface area contributed by atoms with Gasteiger partial charge in [0.25, 0.3) is 0 Å². The van der Waals surface area contributed by atoms with E-state index < -0.39 is 23.7 Å². The van der Waals surface area contributed by atoms with E-state index in [4.69, 9.17) is 14.6 Å². The van der Waals surface area contributed by atoms with Gasteiger partial charge in [-0.2, -0.15) is 0 Å². The van der Waals surface area contributed by atoms with Crippen molar-refractivity contribution in [2.75, 3.05) is 13.7 Å². The van der Waals surface area contributed by atoms with Gasteiger partial charge in [0.2, 0.25) is 0 Å². The van der Waals surface area contributed by atoms with E-state index in [1.807, 2.05) is 0 Å². The summed E-state index contributed by atoms with van der Waals surface area (Å²) in [5.41, 5.74) is -0.621. The summed E-state index contributed by atoms with van der Waals surface area (Å²) in [6.45, 7) is 5.29. The molecule has 1 saturated heterocycles. The van der Waals surface area contributed by atoms with Gasteiger partial charge in [-0.05, 0) is 40.0 Å². The fourth-order valence-corrected chi connectivity index (χ4v) is 2.27. The summed E-state index contributed by atoms with van der Waals surface area (Å²) in [7, 11) is 1.30. The molecule has 6 heteroatoms. The first kappa shape index (κ1) is 15.8. The van der Waals surface area contributed by atoms with Gasteiger partial charge >= 0.3 is 12.1 Å². The average molecular weight is 273 g/mol. The van der Waals surface area contributed by atoms with Crippen LogP contribution in [0.5, 0.6) is 0 Å². The topological polar surface area (TPSA) is 76.1 Å². The number of ether oxygens (including phenoxy) is 2. The van der Waals surface area contributed by atoms with Crippen LogP contribution >= 0.6 is 0 Å². The third-order valence-electron chi connectivity index (χ3n) is 3.04. The van der Waals surface area contributed by atoms with Gasteiger partial charge in [0.05, 0.1) is 7.11 Å². The Morgan fingerprint density at radius 1 is 1.32 bits per heavy atom. The predicted molar refractivity (Wildman–Crippen MR) is 68.6 cm³/mol. The highest BCUT2D eigenvalue weighted by Gasteiger charge is 2.43. The standard InChI is InChI=1S/C13H23NO5/c1-13(2,3)19-12(17)14-9(7-8-15)5-6-10(14)11(16)18-4/h9-10,15H,5-8H2,1-4H3. The Morgan fingerprint density at radius 3 is 2.42 bits per heavy atom. The molecule has 0 saturated carbocycles. The summed E-state index contributed by atoms with van der Waals surface area (Å²) in [4.78, 5) is 25.3. The zero-order valence-electron chi connectivity index (χ0n) is 12.0. The number of rotatable bonds is 3. The molecular weight excluding hydrogens is 250 g/mol. The van der Waals surface area contributed by atoms with Gasteiger partial charge < -0.3 is 14.6 Å². The number of methoxy groups -OCH3 is 1. The van der Waals surface area contributed by atoms with Crippen LogP contribution in [0.4, 0.5) is 4.79 Å². The molecule has 0 aliphatic carbocycles. The van der Waals surface area contributed by atoms with Crippen molar-refractivity contribution in [1.82, 2.24) is 4.90 Å². The minimum atomic E-state index is -0.621. The van der Waals surface area contributed by atoms with Crippen molar-refractivity contribution in [1.29, 1.82) is 0 Å². The van der Waals surface area contributed by atoms with Crippen molar-refractivity contribution < 1.29 is 24.2 Å². The molecule has 1 aliphatic rings. The highest BCUT2D eigenvalue weighted by atomic mass is 16.6. The lowest BCUT2D eigenvalue weighted by atomic mass is 10.1. The summed E-state index contributed by atoms with van der Waals surface area (Å²) < 4.78 is 10.0. The number of carbonyl (C=O) groups excluding carboxylic acids is 2. The van der Waals surface area contributed by atoms with E-state index in [1.165, 1.54) is 12.0 Å².